The zero-order valence-electron chi connectivity index (χ0n) is 15.1. The molecule has 8 nitrogen and oxygen atoms in total. The van der Waals surface area contributed by atoms with Gasteiger partial charge in [-0.3, -0.25) is 9.59 Å². The van der Waals surface area contributed by atoms with E-state index in [0.717, 1.165) is 0 Å². The third kappa shape index (κ3) is 4.24. The van der Waals surface area contributed by atoms with Crippen molar-refractivity contribution in [3.8, 4) is 5.75 Å². The van der Waals surface area contributed by atoms with Gasteiger partial charge in [-0.2, -0.15) is 4.31 Å². The van der Waals surface area contributed by atoms with Crippen molar-refractivity contribution < 1.29 is 27.9 Å². The fraction of sp³-hybridized carbons (Fsp3) is 0.556. The number of methoxy groups -OCH3 is 1. The molecular formula is C18H24N2O6S. The van der Waals surface area contributed by atoms with Gasteiger partial charge in [-0.1, -0.05) is 0 Å². The van der Waals surface area contributed by atoms with E-state index in [2.05, 4.69) is 5.32 Å². The van der Waals surface area contributed by atoms with Crippen LogP contribution in [-0.4, -0.2) is 55.9 Å². The van der Waals surface area contributed by atoms with Crippen molar-refractivity contribution in [2.45, 2.75) is 36.6 Å². The number of carboxylic acids is 1. The van der Waals surface area contributed by atoms with Gasteiger partial charge >= 0.3 is 5.97 Å². The fourth-order valence-electron chi connectivity index (χ4n) is 3.51. The SMILES string of the molecule is COc1ccc(S(=O)(=O)N2CCC(C(=O)NC3CC(C(=O)O)C3)CC2)cc1. The normalized spacial score (nSPS) is 24.0. The smallest absolute Gasteiger partial charge is 0.306 e. The molecule has 1 saturated heterocycles. The van der Waals surface area contributed by atoms with Gasteiger partial charge in [-0.25, -0.2) is 8.42 Å². The number of carboxylic acid groups (broad SMARTS) is 1. The van der Waals surface area contributed by atoms with Crippen LogP contribution in [0.4, 0.5) is 0 Å². The lowest BCUT2D eigenvalue weighted by Crippen LogP contribution is -2.50. The Morgan fingerprint density at radius 1 is 1.11 bits per heavy atom. The highest BCUT2D eigenvalue weighted by Crippen LogP contribution is 2.29. The number of carbonyl (C=O) groups excluding carboxylic acids is 1. The van der Waals surface area contributed by atoms with Crippen LogP contribution in [0.15, 0.2) is 29.2 Å². The minimum absolute atomic E-state index is 0.0836. The summed E-state index contributed by atoms with van der Waals surface area (Å²) in [5.74, 6) is -0.948. The zero-order chi connectivity index (χ0) is 19.6. The third-order valence-electron chi connectivity index (χ3n) is 5.36. The average molecular weight is 396 g/mol. The van der Waals surface area contributed by atoms with Crippen LogP contribution in [-0.2, 0) is 19.6 Å². The molecule has 0 unspecified atom stereocenters. The van der Waals surface area contributed by atoms with Crippen LogP contribution >= 0.6 is 0 Å². The monoisotopic (exact) mass is 396 g/mol. The van der Waals surface area contributed by atoms with Gasteiger partial charge in [0.05, 0.1) is 17.9 Å². The standard InChI is InChI=1S/C18H24N2O6S/c1-26-15-2-4-16(5-3-15)27(24,25)20-8-6-12(7-9-20)17(21)19-14-10-13(11-14)18(22)23/h2-5,12-14H,6-11H2,1H3,(H,19,21)(H,22,23). The van der Waals surface area contributed by atoms with Gasteiger partial charge in [0.1, 0.15) is 5.75 Å². The summed E-state index contributed by atoms with van der Waals surface area (Å²) in [6.07, 6.45) is 1.84. The Balaban J connectivity index is 1.52. The molecule has 0 radical (unpaired) electrons. The Bertz CT molecular complexity index is 794. The first-order chi connectivity index (χ1) is 12.8. The molecule has 1 aromatic carbocycles. The Morgan fingerprint density at radius 3 is 2.22 bits per heavy atom. The minimum Gasteiger partial charge on any atom is -0.497 e. The third-order valence-corrected chi connectivity index (χ3v) is 7.27. The van der Waals surface area contributed by atoms with Crippen molar-refractivity contribution in [1.82, 2.24) is 9.62 Å². The van der Waals surface area contributed by atoms with Gasteiger partial charge in [0.25, 0.3) is 0 Å². The maximum atomic E-state index is 12.7. The number of carbonyl (C=O) groups is 2. The second-order valence-corrected chi connectivity index (χ2v) is 9.00. The molecule has 0 spiro atoms. The highest BCUT2D eigenvalue weighted by Gasteiger charge is 2.37. The number of nitrogens with zero attached hydrogens (tertiary/aromatic N) is 1. The first-order valence-electron chi connectivity index (χ1n) is 8.98. The van der Waals surface area contributed by atoms with E-state index >= 15 is 0 Å². The predicted octanol–water partition coefficient (Wildman–Crippen LogP) is 1.08. The van der Waals surface area contributed by atoms with E-state index < -0.39 is 16.0 Å². The van der Waals surface area contributed by atoms with E-state index in [4.69, 9.17) is 9.84 Å². The number of aliphatic carboxylic acids is 1. The number of amides is 1. The van der Waals surface area contributed by atoms with Gasteiger partial charge in [0.2, 0.25) is 15.9 Å². The number of rotatable bonds is 6. The Kier molecular flexibility index (Phi) is 5.71. The van der Waals surface area contributed by atoms with Crippen LogP contribution in [0.25, 0.3) is 0 Å². The average Bonchev–Trinajstić information content (AvgIpc) is 2.64. The fourth-order valence-corrected chi connectivity index (χ4v) is 4.98. The largest absolute Gasteiger partial charge is 0.497 e. The number of nitrogens with one attached hydrogen (secondary N) is 1. The number of hydrogen-bond donors (Lipinski definition) is 2. The Labute approximate surface area is 158 Å². The molecule has 1 saturated carbocycles. The Morgan fingerprint density at radius 2 is 1.70 bits per heavy atom. The van der Waals surface area contributed by atoms with Gasteiger partial charge in [-0.05, 0) is 49.9 Å². The molecular weight excluding hydrogens is 372 g/mol. The molecule has 0 bridgehead atoms. The zero-order valence-corrected chi connectivity index (χ0v) is 15.9. The summed E-state index contributed by atoms with van der Waals surface area (Å²) in [6.45, 7) is 0.573. The summed E-state index contributed by atoms with van der Waals surface area (Å²) in [4.78, 5) is 23.4. The summed E-state index contributed by atoms with van der Waals surface area (Å²) < 4.78 is 31.9. The molecule has 148 valence electrons. The summed E-state index contributed by atoms with van der Waals surface area (Å²) in [5.41, 5.74) is 0. The van der Waals surface area contributed by atoms with Crippen LogP contribution in [0.2, 0.25) is 0 Å². The molecule has 0 atom stereocenters. The molecule has 27 heavy (non-hydrogen) atoms. The topological polar surface area (TPSA) is 113 Å². The van der Waals surface area contributed by atoms with E-state index in [1.807, 2.05) is 0 Å². The van der Waals surface area contributed by atoms with Crippen molar-refractivity contribution in [1.29, 1.82) is 0 Å². The van der Waals surface area contributed by atoms with E-state index in [-0.39, 0.29) is 41.8 Å². The molecule has 2 N–H and O–H groups in total. The summed E-state index contributed by atoms with van der Waals surface area (Å²) >= 11 is 0. The highest BCUT2D eigenvalue weighted by atomic mass is 32.2. The summed E-state index contributed by atoms with van der Waals surface area (Å²) in [6, 6.07) is 6.16. The van der Waals surface area contributed by atoms with Crippen LogP contribution < -0.4 is 10.1 Å². The second kappa shape index (κ2) is 7.85. The van der Waals surface area contributed by atoms with Crippen molar-refractivity contribution >= 4 is 21.9 Å². The van der Waals surface area contributed by atoms with E-state index in [1.54, 1.807) is 12.1 Å². The van der Waals surface area contributed by atoms with Gasteiger partial charge in [0, 0.05) is 25.0 Å². The van der Waals surface area contributed by atoms with E-state index in [1.165, 1.54) is 23.5 Å². The van der Waals surface area contributed by atoms with Gasteiger partial charge in [0.15, 0.2) is 0 Å². The minimum atomic E-state index is -3.59. The molecule has 2 aliphatic rings. The van der Waals surface area contributed by atoms with Crippen molar-refractivity contribution in [3.63, 3.8) is 0 Å². The summed E-state index contributed by atoms with van der Waals surface area (Å²) in [7, 11) is -2.07. The number of piperidine rings is 1. The second-order valence-electron chi connectivity index (χ2n) is 7.07. The quantitative estimate of drug-likeness (QED) is 0.744. The van der Waals surface area contributed by atoms with E-state index in [0.29, 0.717) is 31.4 Å². The maximum absolute atomic E-state index is 12.7. The Hall–Kier alpha value is -2.13. The van der Waals surface area contributed by atoms with Crippen LogP contribution in [0.3, 0.4) is 0 Å². The van der Waals surface area contributed by atoms with Crippen LogP contribution in [0.5, 0.6) is 5.75 Å². The molecule has 1 amide bonds. The lowest BCUT2D eigenvalue weighted by atomic mass is 9.80. The highest BCUT2D eigenvalue weighted by molar-refractivity contribution is 7.89. The van der Waals surface area contributed by atoms with Crippen LogP contribution in [0.1, 0.15) is 25.7 Å². The number of hydrogen-bond acceptors (Lipinski definition) is 5. The maximum Gasteiger partial charge on any atom is 0.306 e. The first-order valence-corrected chi connectivity index (χ1v) is 10.4. The lowest BCUT2D eigenvalue weighted by Gasteiger charge is -2.35. The first kappa shape index (κ1) is 19.6. The molecule has 0 aromatic heterocycles. The predicted molar refractivity (Wildman–Crippen MR) is 96.8 cm³/mol. The molecule has 1 heterocycles. The van der Waals surface area contributed by atoms with Crippen molar-refractivity contribution in [2.75, 3.05) is 20.2 Å². The van der Waals surface area contributed by atoms with E-state index in [9.17, 15) is 18.0 Å². The molecule has 3 rings (SSSR count). The van der Waals surface area contributed by atoms with Gasteiger partial charge in [-0.15, -0.1) is 0 Å². The number of benzene rings is 1. The van der Waals surface area contributed by atoms with Crippen LogP contribution in [0, 0.1) is 11.8 Å². The summed E-state index contributed by atoms with van der Waals surface area (Å²) in [5, 5.41) is 11.8. The molecule has 1 aliphatic carbocycles. The lowest BCUT2D eigenvalue weighted by molar-refractivity contribution is -0.146. The molecule has 1 aliphatic heterocycles. The molecule has 9 heteroatoms. The van der Waals surface area contributed by atoms with Gasteiger partial charge < -0.3 is 15.2 Å². The molecule has 2 fully saturated rings. The number of sulfonamides is 1. The number of ether oxygens (including phenoxy) is 1. The van der Waals surface area contributed by atoms with Crippen molar-refractivity contribution in [2.24, 2.45) is 11.8 Å². The van der Waals surface area contributed by atoms with Crippen molar-refractivity contribution in [3.05, 3.63) is 24.3 Å². The molecule has 1 aromatic rings.